The zero-order chi connectivity index (χ0) is 19.6. The molecule has 0 bridgehead atoms. The highest BCUT2D eigenvalue weighted by Gasteiger charge is 2.18. The van der Waals surface area contributed by atoms with E-state index in [9.17, 15) is 13.2 Å². The number of hydrogen-bond donors (Lipinski definition) is 2. The van der Waals surface area contributed by atoms with Gasteiger partial charge in [-0.25, -0.2) is 13.6 Å². The van der Waals surface area contributed by atoms with Crippen molar-refractivity contribution in [2.45, 2.75) is 31.7 Å². The average molecular weight is 385 g/mol. The molecule has 0 aliphatic rings. The number of amides is 1. The monoisotopic (exact) mass is 385 g/mol. The van der Waals surface area contributed by atoms with Crippen LogP contribution in [-0.4, -0.2) is 25.4 Å². The lowest BCUT2D eigenvalue weighted by atomic mass is 10.1. The third-order valence-electron chi connectivity index (χ3n) is 4.71. The Balaban J connectivity index is 1.72. The first kappa shape index (κ1) is 19.1. The fourth-order valence-corrected chi connectivity index (χ4v) is 3.86. The van der Waals surface area contributed by atoms with Gasteiger partial charge in [-0.3, -0.25) is 4.79 Å². The molecule has 0 unspecified atom stereocenters. The van der Waals surface area contributed by atoms with Gasteiger partial charge in [0.05, 0.1) is 4.90 Å². The van der Waals surface area contributed by atoms with Gasteiger partial charge in [0.25, 0.3) is 5.91 Å². The molecule has 0 aliphatic heterocycles. The summed E-state index contributed by atoms with van der Waals surface area (Å²) >= 11 is 0. The predicted octanol–water partition coefficient (Wildman–Crippen LogP) is 2.59. The minimum absolute atomic E-state index is 0.0818. The maximum Gasteiger partial charge on any atom is 0.268 e. The molecule has 6 nitrogen and oxygen atoms in total. The smallest absolute Gasteiger partial charge is 0.268 e. The van der Waals surface area contributed by atoms with Crippen LogP contribution in [-0.2, 0) is 23.0 Å². The summed E-state index contributed by atoms with van der Waals surface area (Å²) in [5.41, 5.74) is 3.64. The first-order valence-electron chi connectivity index (χ1n) is 8.80. The van der Waals surface area contributed by atoms with Crippen LogP contribution < -0.4 is 10.5 Å². The lowest BCUT2D eigenvalue weighted by Gasteiger charge is -2.10. The Morgan fingerprint density at radius 3 is 2.41 bits per heavy atom. The van der Waals surface area contributed by atoms with E-state index in [0.717, 1.165) is 22.0 Å². The molecule has 3 aromatic rings. The highest BCUT2D eigenvalue weighted by atomic mass is 32.2. The van der Waals surface area contributed by atoms with Crippen LogP contribution in [0, 0.1) is 6.92 Å². The number of primary sulfonamides is 1. The molecule has 142 valence electrons. The standard InChI is InChI=1S/C20H23N3O3S/c1-3-23-18-7-5-4-6-17(18)14(2)19(23)20(24)22-13-12-15-8-10-16(11-9-15)27(21,25)26/h4-11H,3,12-13H2,1-2H3,(H,22,24)(H2,21,25,26). The maximum absolute atomic E-state index is 12.8. The van der Waals surface area contributed by atoms with E-state index in [1.807, 2.05) is 42.7 Å². The zero-order valence-electron chi connectivity index (χ0n) is 15.4. The Hall–Kier alpha value is -2.64. The molecule has 0 saturated heterocycles. The summed E-state index contributed by atoms with van der Waals surface area (Å²) in [4.78, 5) is 12.8. The molecule has 0 aliphatic carbocycles. The van der Waals surface area contributed by atoms with Crippen LogP contribution in [0.3, 0.4) is 0 Å². The van der Waals surface area contributed by atoms with E-state index in [-0.39, 0.29) is 10.8 Å². The van der Waals surface area contributed by atoms with Gasteiger partial charge in [-0.2, -0.15) is 0 Å². The fourth-order valence-electron chi connectivity index (χ4n) is 3.35. The average Bonchev–Trinajstić information content (AvgIpc) is 2.93. The van der Waals surface area contributed by atoms with Crippen molar-refractivity contribution in [2.75, 3.05) is 6.54 Å². The van der Waals surface area contributed by atoms with Crippen molar-refractivity contribution in [3.63, 3.8) is 0 Å². The van der Waals surface area contributed by atoms with Crippen molar-refractivity contribution < 1.29 is 13.2 Å². The number of aryl methyl sites for hydroxylation is 2. The summed E-state index contributed by atoms with van der Waals surface area (Å²) in [6.07, 6.45) is 0.599. The number of nitrogens with zero attached hydrogens (tertiary/aromatic N) is 1. The van der Waals surface area contributed by atoms with E-state index in [2.05, 4.69) is 5.32 Å². The number of rotatable bonds is 6. The number of carbonyl (C=O) groups excluding carboxylic acids is 1. The Kier molecular flexibility index (Phi) is 5.34. The van der Waals surface area contributed by atoms with E-state index in [1.165, 1.54) is 12.1 Å². The second-order valence-corrected chi connectivity index (χ2v) is 7.99. The van der Waals surface area contributed by atoms with Gasteiger partial charge in [-0.1, -0.05) is 30.3 Å². The van der Waals surface area contributed by atoms with Crippen LogP contribution in [0.25, 0.3) is 10.9 Å². The molecule has 27 heavy (non-hydrogen) atoms. The van der Waals surface area contributed by atoms with Crippen LogP contribution in [0.4, 0.5) is 0 Å². The minimum Gasteiger partial charge on any atom is -0.350 e. The van der Waals surface area contributed by atoms with Gasteiger partial charge in [0.1, 0.15) is 5.69 Å². The normalized spacial score (nSPS) is 11.7. The second-order valence-electron chi connectivity index (χ2n) is 6.43. The summed E-state index contributed by atoms with van der Waals surface area (Å²) in [6.45, 7) is 5.16. The van der Waals surface area contributed by atoms with Gasteiger partial charge in [0, 0.05) is 24.0 Å². The van der Waals surface area contributed by atoms with Crippen molar-refractivity contribution in [1.82, 2.24) is 9.88 Å². The molecule has 0 radical (unpaired) electrons. The largest absolute Gasteiger partial charge is 0.350 e. The lowest BCUT2D eigenvalue weighted by Crippen LogP contribution is -2.28. The number of aromatic nitrogens is 1. The van der Waals surface area contributed by atoms with Crippen LogP contribution in [0.1, 0.15) is 28.5 Å². The number of nitrogens with two attached hydrogens (primary N) is 1. The van der Waals surface area contributed by atoms with Gasteiger partial charge < -0.3 is 9.88 Å². The van der Waals surface area contributed by atoms with Crippen LogP contribution in [0.5, 0.6) is 0 Å². The topological polar surface area (TPSA) is 94.2 Å². The molecule has 1 amide bonds. The molecule has 0 atom stereocenters. The van der Waals surface area contributed by atoms with Gasteiger partial charge in [-0.15, -0.1) is 0 Å². The fraction of sp³-hybridized carbons (Fsp3) is 0.250. The molecule has 0 spiro atoms. The predicted molar refractivity (Wildman–Crippen MR) is 106 cm³/mol. The lowest BCUT2D eigenvalue weighted by molar-refractivity contribution is 0.0945. The molecular weight excluding hydrogens is 362 g/mol. The van der Waals surface area contributed by atoms with E-state index in [0.29, 0.717) is 25.2 Å². The first-order chi connectivity index (χ1) is 12.8. The number of sulfonamides is 1. The number of nitrogens with one attached hydrogen (secondary N) is 1. The zero-order valence-corrected chi connectivity index (χ0v) is 16.2. The quantitative estimate of drug-likeness (QED) is 0.683. The summed E-state index contributed by atoms with van der Waals surface area (Å²) in [5.74, 6) is -0.105. The van der Waals surface area contributed by atoms with E-state index < -0.39 is 10.0 Å². The van der Waals surface area contributed by atoms with Crippen LogP contribution in [0.15, 0.2) is 53.4 Å². The van der Waals surface area contributed by atoms with Crippen molar-refractivity contribution >= 4 is 26.8 Å². The number of fused-ring (bicyclic) bond motifs is 1. The second kappa shape index (κ2) is 7.54. The maximum atomic E-state index is 12.8. The Morgan fingerprint density at radius 2 is 1.78 bits per heavy atom. The summed E-state index contributed by atoms with van der Waals surface area (Å²) < 4.78 is 24.6. The van der Waals surface area contributed by atoms with Crippen molar-refractivity contribution in [1.29, 1.82) is 0 Å². The number of benzene rings is 2. The van der Waals surface area contributed by atoms with Crippen molar-refractivity contribution in [3.05, 3.63) is 65.4 Å². The summed E-state index contributed by atoms with van der Waals surface area (Å²) in [7, 11) is -3.69. The first-order valence-corrected chi connectivity index (χ1v) is 10.3. The van der Waals surface area contributed by atoms with Crippen LogP contribution >= 0.6 is 0 Å². The summed E-state index contributed by atoms with van der Waals surface area (Å²) in [6, 6.07) is 14.4. The highest BCUT2D eigenvalue weighted by Crippen LogP contribution is 2.25. The molecule has 0 saturated carbocycles. The van der Waals surface area contributed by atoms with Crippen molar-refractivity contribution in [2.24, 2.45) is 5.14 Å². The third kappa shape index (κ3) is 3.89. The Bertz CT molecular complexity index is 1080. The molecule has 3 rings (SSSR count). The number of hydrogen-bond acceptors (Lipinski definition) is 3. The summed E-state index contributed by atoms with van der Waals surface area (Å²) in [5, 5.41) is 9.15. The molecular formula is C20H23N3O3S. The molecule has 7 heteroatoms. The molecule has 3 N–H and O–H groups in total. The van der Waals surface area contributed by atoms with Crippen molar-refractivity contribution in [3.8, 4) is 0 Å². The molecule has 2 aromatic carbocycles. The third-order valence-corrected chi connectivity index (χ3v) is 5.64. The van der Waals surface area contributed by atoms with Gasteiger partial charge in [0.2, 0.25) is 10.0 Å². The SMILES string of the molecule is CCn1c(C(=O)NCCc2ccc(S(N)(=O)=O)cc2)c(C)c2ccccc21. The van der Waals surface area contributed by atoms with Gasteiger partial charge in [0.15, 0.2) is 0 Å². The van der Waals surface area contributed by atoms with E-state index in [1.54, 1.807) is 12.1 Å². The minimum atomic E-state index is -3.69. The van der Waals surface area contributed by atoms with Gasteiger partial charge in [-0.05, 0) is 49.6 Å². The van der Waals surface area contributed by atoms with E-state index in [4.69, 9.17) is 5.14 Å². The molecule has 1 aromatic heterocycles. The Labute approximate surface area is 159 Å². The van der Waals surface area contributed by atoms with E-state index >= 15 is 0 Å². The van der Waals surface area contributed by atoms with Gasteiger partial charge >= 0.3 is 0 Å². The Morgan fingerprint density at radius 1 is 1.11 bits per heavy atom. The number of para-hydroxylation sites is 1. The molecule has 1 heterocycles. The molecule has 0 fully saturated rings. The highest BCUT2D eigenvalue weighted by molar-refractivity contribution is 7.89. The van der Waals surface area contributed by atoms with Crippen LogP contribution in [0.2, 0.25) is 0 Å². The number of carbonyl (C=O) groups is 1.